The maximum Gasteiger partial charge on any atom is 0.255 e. The van der Waals surface area contributed by atoms with E-state index in [-0.39, 0.29) is 5.91 Å². The molecule has 5 aromatic rings. The van der Waals surface area contributed by atoms with Crippen molar-refractivity contribution >= 4 is 67.4 Å². The molecule has 2 aromatic heterocycles. The van der Waals surface area contributed by atoms with E-state index in [1.54, 1.807) is 47.7 Å². The average molecular weight is 453 g/mol. The molecular weight excluding hydrogens is 439 g/mol. The molecule has 8 heteroatoms. The zero-order chi connectivity index (χ0) is 20.8. The molecule has 148 valence electrons. The van der Waals surface area contributed by atoms with Gasteiger partial charge >= 0.3 is 0 Å². The van der Waals surface area contributed by atoms with E-state index in [0.717, 1.165) is 26.3 Å². The van der Waals surface area contributed by atoms with Crippen LogP contribution in [-0.2, 0) is 0 Å². The fourth-order valence-corrected chi connectivity index (χ4v) is 4.70. The minimum atomic E-state index is -0.213. The summed E-state index contributed by atoms with van der Waals surface area (Å²) in [6.07, 6.45) is 0. The smallest absolute Gasteiger partial charge is 0.255 e. The van der Waals surface area contributed by atoms with Gasteiger partial charge in [-0.15, -0.1) is 11.3 Å². The minimum absolute atomic E-state index is 0.213. The predicted molar refractivity (Wildman–Crippen MR) is 124 cm³/mol. The van der Waals surface area contributed by atoms with Gasteiger partial charge in [-0.25, -0.2) is 9.97 Å². The third-order valence-corrected chi connectivity index (χ3v) is 6.28. The number of aromatic nitrogens is 3. The number of halogens is 2. The summed E-state index contributed by atoms with van der Waals surface area (Å²) in [5, 5.41) is 4.94. The molecule has 30 heavy (non-hydrogen) atoms. The Kier molecular flexibility index (Phi) is 4.70. The molecule has 0 aliphatic rings. The van der Waals surface area contributed by atoms with Crippen molar-refractivity contribution in [3.8, 4) is 11.4 Å². The van der Waals surface area contributed by atoms with Crippen LogP contribution in [0, 0.1) is 6.92 Å². The number of carbonyl (C=O) groups is 1. The van der Waals surface area contributed by atoms with E-state index in [9.17, 15) is 4.79 Å². The molecule has 0 spiro atoms. The third-order valence-electron chi connectivity index (χ3n) is 4.70. The van der Waals surface area contributed by atoms with Gasteiger partial charge in [0.25, 0.3) is 5.91 Å². The van der Waals surface area contributed by atoms with Gasteiger partial charge in [0.2, 0.25) is 0 Å². The summed E-state index contributed by atoms with van der Waals surface area (Å²) in [6, 6.07) is 16.3. The SMILES string of the molecule is Cc1nc2cc(NC(=O)c3ccc4nc(-c5c(Cl)cccc5Cl)[nH]c4c3)ccc2s1. The summed E-state index contributed by atoms with van der Waals surface area (Å²) in [5.74, 6) is 0.345. The number of thiazole rings is 1. The number of imidazole rings is 1. The molecular formula is C22H14Cl2N4OS. The Morgan fingerprint density at radius 2 is 1.80 bits per heavy atom. The van der Waals surface area contributed by atoms with Crippen molar-refractivity contribution in [1.29, 1.82) is 0 Å². The van der Waals surface area contributed by atoms with Crippen molar-refractivity contribution < 1.29 is 4.79 Å². The second-order valence-electron chi connectivity index (χ2n) is 6.78. The maximum atomic E-state index is 12.8. The Bertz CT molecular complexity index is 1420. The van der Waals surface area contributed by atoms with Crippen LogP contribution in [0.4, 0.5) is 5.69 Å². The fourth-order valence-electron chi connectivity index (χ4n) is 3.32. The lowest BCUT2D eigenvalue weighted by molar-refractivity contribution is 0.102. The number of H-pyrrole nitrogens is 1. The number of nitrogens with one attached hydrogen (secondary N) is 2. The Balaban J connectivity index is 1.46. The zero-order valence-corrected chi connectivity index (χ0v) is 18.0. The molecule has 5 rings (SSSR count). The number of rotatable bonds is 3. The van der Waals surface area contributed by atoms with Crippen LogP contribution in [0.15, 0.2) is 54.6 Å². The van der Waals surface area contributed by atoms with Gasteiger partial charge in [0.05, 0.1) is 41.9 Å². The standard InChI is InChI=1S/C22H14Cl2N4OS/c1-11-25-18-10-13(6-8-19(18)30-11)26-22(29)12-5-7-16-17(9-12)28-21(27-16)20-14(23)3-2-4-15(20)24/h2-10H,1H3,(H,26,29)(H,27,28). The van der Waals surface area contributed by atoms with Crippen LogP contribution >= 0.6 is 34.5 Å². The first-order valence-electron chi connectivity index (χ1n) is 9.10. The Morgan fingerprint density at radius 3 is 2.60 bits per heavy atom. The van der Waals surface area contributed by atoms with Crippen molar-refractivity contribution in [2.75, 3.05) is 5.32 Å². The molecule has 0 atom stereocenters. The molecule has 0 aliphatic heterocycles. The number of aryl methyl sites for hydroxylation is 1. The molecule has 0 bridgehead atoms. The summed E-state index contributed by atoms with van der Waals surface area (Å²) < 4.78 is 1.09. The quantitative estimate of drug-likeness (QED) is 0.319. The van der Waals surface area contributed by atoms with Crippen LogP contribution < -0.4 is 5.32 Å². The molecule has 2 N–H and O–H groups in total. The van der Waals surface area contributed by atoms with E-state index in [4.69, 9.17) is 23.2 Å². The second-order valence-corrected chi connectivity index (χ2v) is 8.83. The highest BCUT2D eigenvalue weighted by molar-refractivity contribution is 7.18. The number of fused-ring (bicyclic) bond motifs is 2. The number of carbonyl (C=O) groups excluding carboxylic acids is 1. The van der Waals surface area contributed by atoms with Crippen LogP contribution in [0.1, 0.15) is 15.4 Å². The van der Waals surface area contributed by atoms with Crippen LogP contribution in [0.25, 0.3) is 32.6 Å². The molecule has 0 saturated heterocycles. The van der Waals surface area contributed by atoms with E-state index in [0.29, 0.717) is 32.7 Å². The number of hydrogen-bond donors (Lipinski definition) is 2. The van der Waals surface area contributed by atoms with E-state index in [2.05, 4.69) is 20.3 Å². The van der Waals surface area contributed by atoms with Gasteiger partial charge in [-0.05, 0) is 55.5 Å². The Labute approximate surface area is 185 Å². The summed E-state index contributed by atoms with van der Waals surface area (Å²) >= 11 is 14.2. The highest BCUT2D eigenvalue weighted by Gasteiger charge is 2.14. The van der Waals surface area contributed by atoms with E-state index < -0.39 is 0 Å². The molecule has 0 fully saturated rings. The first kappa shape index (κ1) is 19.1. The van der Waals surface area contributed by atoms with Crippen LogP contribution in [0.3, 0.4) is 0 Å². The van der Waals surface area contributed by atoms with Gasteiger partial charge in [-0.1, -0.05) is 29.3 Å². The van der Waals surface area contributed by atoms with Crippen molar-refractivity contribution in [3.05, 3.63) is 75.2 Å². The number of anilines is 1. The Morgan fingerprint density at radius 1 is 1.00 bits per heavy atom. The lowest BCUT2D eigenvalue weighted by atomic mass is 10.2. The molecule has 1 amide bonds. The molecule has 0 aliphatic carbocycles. The Hall–Kier alpha value is -2.93. The second kappa shape index (κ2) is 7.40. The first-order chi connectivity index (χ1) is 14.5. The summed E-state index contributed by atoms with van der Waals surface area (Å²) in [7, 11) is 0. The van der Waals surface area contributed by atoms with Crippen LogP contribution in [0.5, 0.6) is 0 Å². The highest BCUT2D eigenvalue weighted by atomic mass is 35.5. The van der Waals surface area contributed by atoms with Crippen LogP contribution in [-0.4, -0.2) is 20.9 Å². The summed E-state index contributed by atoms with van der Waals surface area (Å²) in [5.41, 5.74) is 4.16. The van der Waals surface area contributed by atoms with E-state index >= 15 is 0 Å². The molecule has 5 nitrogen and oxygen atoms in total. The third kappa shape index (κ3) is 3.43. The van der Waals surface area contributed by atoms with Gasteiger partial charge in [-0.2, -0.15) is 0 Å². The van der Waals surface area contributed by atoms with Crippen molar-refractivity contribution in [2.24, 2.45) is 0 Å². The van der Waals surface area contributed by atoms with Crippen LogP contribution in [0.2, 0.25) is 10.0 Å². The van der Waals surface area contributed by atoms with Gasteiger partial charge in [0, 0.05) is 11.3 Å². The average Bonchev–Trinajstić information content (AvgIpc) is 3.29. The number of benzene rings is 3. The van der Waals surface area contributed by atoms with Gasteiger partial charge in [0.1, 0.15) is 5.82 Å². The lowest BCUT2D eigenvalue weighted by Gasteiger charge is -2.05. The van der Waals surface area contributed by atoms with E-state index in [1.165, 1.54) is 0 Å². The van der Waals surface area contributed by atoms with Gasteiger partial charge in [0.15, 0.2) is 0 Å². The van der Waals surface area contributed by atoms with Gasteiger partial charge in [-0.3, -0.25) is 4.79 Å². The number of hydrogen-bond acceptors (Lipinski definition) is 4. The largest absolute Gasteiger partial charge is 0.338 e. The monoisotopic (exact) mass is 452 g/mol. The normalized spacial score (nSPS) is 11.3. The zero-order valence-electron chi connectivity index (χ0n) is 15.7. The lowest BCUT2D eigenvalue weighted by Crippen LogP contribution is -2.11. The molecule has 0 saturated carbocycles. The molecule has 2 heterocycles. The van der Waals surface area contributed by atoms with E-state index in [1.807, 2.05) is 25.1 Å². The number of amides is 1. The van der Waals surface area contributed by atoms with Crippen molar-refractivity contribution in [2.45, 2.75) is 6.92 Å². The molecule has 0 unspecified atom stereocenters. The molecule has 3 aromatic carbocycles. The minimum Gasteiger partial charge on any atom is -0.338 e. The number of nitrogens with zero attached hydrogens (tertiary/aromatic N) is 2. The van der Waals surface area contributed by atoms with Crippen molar-refractivity contribution in [1.82, 2.24) is 15.0 Å². The predicted octanol–water partition coefficient (Wildman–Crippen LogP) is 6.71. The van der Waals surface area contributed by atoms with Crippen molar-refractivity contribution in [3.63, 3.8) is 0 Å². The summed E-state index contributed by atoms with van der Waals surface area (Å²) in [6.45, 7) is 1.96. The topological polar surface area (TPSA) is 70.7 Å². The van der Waals surface area contributed by atoms with Gasteiger partial charge < -0.3 is 10.3 Å². The highest BCUT2D eigenvalue weighted by Crippen LogP contribution is 2.34. The maximum absolute atomic E-state index is 12.8. The summed E-state index contributed by atoms with van der Waals surface area (Å²) in [4.78, 5) is 25.0. The fraction of sp³-hybridized carbons (Fsp3) is 0.0455. The number of aromatic amines is 1. The molecule has 0 radical (unpaired) electrons. The first-order valence-corrected chi connectivity index (χ1v) is 10.7.